The Balaban J connectivity index is 2.20. The first-order valence-electron chi connectivity index (χ1n) is 6.08. The first-order chi connectivity index (χ1) is 9.15. The third kappa shape index (κ3) is 2.98. The molecule has 0 bridgehead atoms. The summed E-state index contributed by atoms with van der Waals surface area (Å²) in [6.07, 6.45) is 0.263. The van der Waals surface area contributed by atoms with Crippen LogP contribution in [0.3, 0.4) is 0 Å². The predicted molar refractivity (Wildman–Crippen MR) is 73.9 cm³/mol. The minimum atomic E-state index is -0.144. The van der Waals surface area contributed by atoms with E-state index in [2.05, 4.69) is 5.32 Å². The number of hydrogen-bond acceptors (Lipinski definition) is 3. The number of fused-ring (bicyclic) bond motifs is 1. The fraction of sp³-hybridized carbons (Fsp3) is 0.385. The molecule has 0 aliphatic carbocycles. The van der Waals surface area contributed by atoms with Crippen LogP contribution in [-0.4, -0.2) is 30.8 Å². The van der Waals surface area contributed by atoms with Crippen LogP contribution in [0, 0.1) is 0 Å². The number of benzene rings is 1. The van der Waals surface area contributed by atoms with Gasteiger partial charge in [0.1, 0.15) is 5.75 Å². The number of rotatable bonds is 4. The van der Waals surface area contributed by atoms with Crippen LogP contribution < -0.4 is 15.0 Å². The van der Waals surface area contributed by atoms with Crippen LogP contribution >= 0.6 is 11.6 Å². The number of ether oxygens (including phenoxy) is 1. The number of carbonyl (C=O) groups is 2. The van der Waals surface area contributed by atoms with Crippen molar-refractivity contribution >= 4 is 34.8 Å². The quantitative estimate of drug-likeness (QED) is 0.859. The summed E-state index contributed by atoms with van der Waals surface area (Å²) in [5.41, 5.74) is 1.37. The van der Waals surface area contributed by atoms with E-state index >= 15 is 0 Å². The van der Waals surface area contributed by atoms with E-state index in [0.29, 0.717) is 18.0 Å². The highest BCUT2D eigenvalue weighted by molar-refractivity contribution is 6.19. The zero-order valence-corrected chi connectivity index (χ0v) is 11.4. The Labute approximate surface area is 116 Å². The number of nitrogens with zero attached hydrogens (tertiary/aromatic N) is 1. The molecule has 2 rings (SSSR count). The SMILES string of the molecule is CCN1C(=O)COc2cc(NC(=O)CCCl)ccc21. The van der Waals surface area contributed by atoms with E-state index in [0.717, 1.165) is 5.69 Å². The zero-order valence-electron chi connectivity index (χ0n) is 10.6. The van der Waals surface area contributed by atoms with Crippen LogP contribution in [0.1, 0.15) is 13.3 Å². The summed E-state index contributed by atoms with van der Waals surface area (Å²) in [5.74, 6) is 0.680. The Morgan fingerprint density at radius 2 is 2.32 bits per heavy atom. The summed E-state index contributed by atoms with van der Waals surface area (Å²) >= 11 is 5.50. The van der Waals surface area contributed by atoms with Gasteiger partial charge in [-0.1, -0.05) is 0 Å². The van der Waals surface area contributed by atoms with Crippen molar-refractivity contribution in [2.45, 2.75) is 13.3 Å². The molecular weight excluding hydrogens is 268 g/mol. The third-order valence-corrected chi connectivity index (χ3v) is 3.01. The Bertz CT molecular complexity index is 505. The van der Waals surface area contributed by atoms with Gasteiger partial charge in [0.05, 0.1) is 5.69 Å². The normalized spacial score (nSPS) is 13.8. The first kappa shape index (κ1) is 13.7. The van der Waals surface area contributed by atoms with Crippen LogP contribution in [0.4, 0.5) is 11.4 Å². The molecule has 0 spiro atoms. The number of nitrogens with one attached hydrogen (secondary N) is 1. The lowest BCUT2D eigenvalue weighted by molar-refractivity contribution is -0.121. The minimum absolute atomic E-state index is 0.0277. The second-order valence-electron chi connectivity index (χ2n) is 4.10. The number of hydrogen-bond donors (Lipinski definition) is 1. The van der Waals surface area contributed by atoms with Gasteiger partial charge >= 0.3 is 0 Å². The molecule has 0 fully saturated rings. The highest BCUT2D eigenvalue weighted by Gasteiger charge is 2.24. The summed E-state index contributed by atoms with van der Waals surface area (Å²) in [6.45, 7) is 2.52. The molecule has 0 saturated heterocycles. The molecule has 1 N–H and O–H groups in total. The molecule has 1 aliphatic rings. The van der Waals surface area contributed by atoms with Crippen molar-refractivity contribution in [3.63, 3.8) is 0 Å². The molecule has 0 radical (unpaired) electrons. The molecule has 1 aliphatic heterocycles. The van der Waals surface area contributed by atoms with Gasteiger partial charge in [-0.25, -0.2) is 0 Å². The molecular formula is C13H15ClN2O3. The van der Waals surface area contributed by atoms with Gasteiger partial charge in [0, 0.05) is 30.6 Å². The zero-order chi connectivity index (χ0) is 13.8. The second kappa shape index (κ2) is 5.93. The van der Waals surface area contributed by atoms with E-state index in [-0.39, 0.29) is 30.7 Å². The van der Waals surface area contributed by atoms with Crippen molar-refractivity contribution in [2.75, 3.05) is 29.2 Å². The minimum Gasteiger partial charge on any atom is -0.481 e. The molecule has 0 unspecified atom stereocenters. The van der Waals surface area contributed by atoms with Crippen molar-refractivity contribution in [2.24, 2.45) is 0 Å². The lowest BCUT2D eigenvalue weighted by Gasteiger charge is -2.28. The molecule has 102 valence electrons. The lowest BCUT2D eigenvalue weighted by atomic mass is 10.2. The van der Waals surface area contributed by atoms with Crippen LogP contribution in [0.15, 0.2) is 18.2 Å². The maximum Gasteiger partial charge on any atom is 0.265 e. The van der Waals surface area contributed by atoms with Crippen LogP contribution in [0.2, 0.25) is 0 Å². The van der Waals surface area contributed by atoms with Crippen molar-refractivity contribution < 1.29 is 14.3 Å². The maximum atomic E-state index is 11.7. The highest BCUT2D eigenvalue weighted by atomic mass is 35.5. The molecule has 0 saturated carbocycles. The number of anilines is 2. The lowest BCUT2D eigenvalue weighted by Crippen LogP contribution is -2.38. The average Bonchev–Trinajstić information content (AvgIpc) is 2.39. The van der Waals surface area contributed by atoms with E-state index in [9.17, 15) is 9.59 Å². The summed E-state index contributed by atoms with van der Waals surface area (Å²) < 4.78 is 5.38. The maximum absolute atomic E-state index is 11.7. The summed E-state index contributed by atoms with van der Waals surface area (Å²) in [5, 5.41) is 2.73. The molecule has 1 aromatic rings. The van der Waals surface area contributed by atoms with Gasteiger partial charge in [-0.05, 0) is 19.1 Å². The van der Waals surface area contributed by atoms with Crippen LogP contribution in [0.5, 0.6) is 5.75 Å². The van der Waals surface area contributed by atoms with Crippen molar-refractivity contribution in [1.82, 2.24) is 0 Å². The number of amides is 2. The van der Waals surface area contributed by atoms with Gasteiger partial charge in [0.15, 0.2) is 6.61 Å². The van der Waals surface area contributed by atoms with Gasteiger partial charge in [0.25, 0.3) is 5.91 Å². The molecule has 6 heteroatoms. The Morgan fingerprint density at radius 3 is 3.00 bits per heavy atom. The largest absolute Gasteiger partial charge is 0.481 e. The van der Waals surface area contributed by atoms with E-state index in [1.807, 2.05) is 6.92 Å². The van der Waals surface area contributed by atoms with Gasteiger partial charge in [-0.2, -0.15) is 0 Å². The van der Waals surface area contributed by atoms with E-state index in [1.165, 1.54) is 0 Å². The van der Waals surface area contributed by atoms with Crippen molar-refractivity contribution in [1.29, 1.82) is 0 Å². The fourth-order valence-electron chi connectivity index (χ4n) is 1.94. The molecule has 1 aromatic carbocycles. The van der Waals surface area contributed by atoms with E-state index in [4.69, 9.17) is 16.3 Å². The monoisotopic (exact) mass is 282 g/mol. The number of likely N-dealkylation sites (N-methyl/N-ethyl adjacent to an activating group) is 1. The van der Waals surface area contributed by atoms with Gasteiger partial charge < -0.3 is 15.0 Å². The topological polar surface area (TPSA) is 58.6 Å². The molecule has 5 nitrogen and oxygen atoms in total. The standard InChI is InChI=1S/C13H15ClN2O3/c1-2-16-10-4-3-9(15-12(17)5-6-14)7-11(10)19-8-13(16)18/h3-4,7H,2,5-6,8H2,1H3,(H,15,17). The highest BCUT2D eigenvalue weighted by Crippen LogP contribution is 2.34. The van der Waals surface area contributed by atoms with Crippen LogP contribution in [0.25, 0.3) is 0 Å². The Morgan fingerprint density at radius 1 is 1.53 bits per heavy atom. The summed E-state index contributed by atoms with van der Waals surface area (Å²) in [4.78, 5) is 24.8. The van der Waals surface area contributed by atoms with Crippen molar-refractivity contribution in [3.05, 3.63) is 18.2 Å². The van der Waals surface area contributed by atoms with E-state index in [1.54, 1.807) is 23.1 Å². The van der Waals surface area contributed by atoms with Gasteiger partial charge in [-0.15, -0.1) is 11.6 Å². The van der Waals surface area contributed by atoms with Gasteiger partial charge in [-0.3, -0.25) is 9.59 Å². The molecule has 1 heterocycles. The number of halogens is 1. The summed E-state index contributed by atoms with van der Waals surface area (Å²) in [6, 6.07) is 5.23. The first-order valence-corrected chi connectivity index (χ1v) is 6.62. The van der Waals surface area contributed by atoms with E-state index < -0.39 is 0 Å². The predicted octanol–water partition coefficient (Wildman–Crippen LogP) is 2.00. The molecule has 0 aromatic heterocycles. The Kier molecular flexibility index (Phi) is 4.27. The summed E-state index contributed by atoms with van der Waals surface area (Å²) in [7, 11) is 0. The molecule has 0 atom stereocenters. The second-order valence-corrected chi connectivity index (χ2v) is 4.47. The average molecular weight is 283 g/mol. The number of carbonyl (C=O) groups excluding carboxylic acids is 2. The fourth-order valence-corrected chi connectivity index (χ4v) is 2.11. The third-order valence-electron chi connectivity index (χ3n) is 2.82. The molecule has 2 amide bonds. The molecule has 19 heavy (non-hydrogen) atoms. The van der Waals surface area contributed by atoms with Crippen molar-refractivity contribution in [3.8, 4) is 5.75 Å². The Hall–Kier alpha value is -1.75. The van der Waals surface area contributed by atoms with Gasteiger partial charge in [0.2, 0.25) is 5.91 Å². The number of alkyl halides is 1. The smallest absolute Gasteiger partial charge is 0.265 e. The van der Waals surface area contributed by atoms with Crippen LogP contribution in [-0.2, 0) is 9.59 Å².